The third-order valence-electron chi connectivity index (χ3n) is 5.00. The average Bonchev–Trinajstić information content (AvgIpc) is 3.00. The topological polar surface area (TPSA) is 62.7 Å². The van der Waals surface area contributed by atoms with Crippen molar-refractivity contribution in [1.29, 1.82) is 0 Å². The molecule has 0 unspecified atom stereocenters. The molecule has 2 aromatic heterocycles. The van der Waals surface area contributed by atoms with Crippen LogP contribution in [0.1, 0.15) is 44.5 Å². The maximum Gasteiger partial charge on any atom is 0.257 e. The van der Waals surface area contributed by atoms with Crippen molar-refractivity contribution < 1.29 is 13.7 Å². The predicted molar refractivity (Wildman–Crippen MR) is 90.1 cm³/mol. The lowest BCUT2D eigenvalue weighted by atomic mass is 10.1. The van der Waals surface area contributed by atoms with Crippen LogP contribution in [0.3, 0.4) is 0 Å². The smallest absolute Gasteiger partial charge is 0.257 e. The summed E-state index contributed by atoms with van der Waals surface area (Å²) >= 11 is 0. The number of hydrogen-bond acceptors (Lipinski definition) is 5. The van der Waals surface area contributed by atoms with Crippen LogP contribution in [0.25, 0.3) is 0 Å². The Morgan fingerprint density at radius 1 is 1.00 bits per heavy atom. The van der Waals surface area contributed by atoms with E-state index in [1.54, 1.807) is 0 Å². The van der Waals surface area contributed by atoms with Gasteiger partial charge in [0.2, 0.25) is 0 Å². The van der Waals surface area contributed by atoms with Crippen LogP contribution >= 0.6 is 0 Å². The Hall–Kier alpha value is -2.08. The van der Waals surface area contributed by atoms with Crippen molar-refractivity contribution in [2.45, 2.75) is 41.2 Å². The van der Waals surface area contributed by atoms with E-state index in [9.17, 15) is 4.79 Å². The van der Waals surface area contributed by atoms with Crippen LogP contribution in [-0.4, -0.2) is 47.0 Å². The van der Waals surface area contributed by atoms with Crippen molar-refractivity contribution in [2.75, 3.05) is 26.2 Å². The number of carbonyl (C=O) groups is 1. The molecular formula is C18H25N3O3. The number of piperazine rings is 1. The number of nitrogens with zero attached hydrogens (tertiary/aromatic N) is 3. The maximum absolute atomic E-state index is 12.8. The van der Waals surface area contributed by atoms with Gasteiger partial charge in [0.15, 0.2) is 0 Å². The van der Waals surface area contributed by atoms with Gasteiger partial charge in [0, 0.05) is 43.9 Å². The number of amides is 1. The Labute approximate surface area is 142 Å². The van der Waals surface area contributed by atoms with E-state index < -0.39 is 0 Å². The average molecular weight is 331 g/mol. The van der Waals surface area contributed by atoms with E-state index in [1.165, 1.54) is 0 Å². The highest BCUT2D eigenvalue weighted by atomic mass is 16.5. The molecule has 0 radical (unpaired) electrons. The molecular weight excluding hydrogens is 306 g/mol. The number of hydrogen-bond donors (Lipinski definition) is 0. The van der Waals surface area contributed by atoms with Gasteiger partial charge in [-0.15, -0.1) is 0 Å². The lowest BCUT2D eigenvalue weighted by Crippen LogP contribution is -2.48. The van der Waals surface area contributed by atoms with Gasteiger partial charge in [-0.05, 0) is 34.6 Å². The predicted octanol–water partition coefficient (Wildman–Crippen LogP) is 2.77. The summed E-state index contributed by atoms with van der Waals surface area (Å²) in [4.78, 5) is 17.1. The van der Waals surface area contributed by atoms with E-state index >= 15 is 0 Å². The van der Waals surface area contributed by atoms with Gasteiger partial charge >= 0.3 is 0 Å². The van der Waals surface area contributed by atoms with Crippen LogP contribution in [0.4, 0.5) is 0 Å². The first-order valence-electron chi connectivity index (χ1n) is 8.38. The normalized spacial score (nSPS) is 16.0. The first-order valence-corrected chi connectivity index (χ1v) is 8.38. The molecule has 0 N–H and O–H groups in total. The Balaban J connectivity index is 1.64. The molecule has 1 saturated heterocycles. The van der Waals surface area contributed by atoms with Crippen molar-refractivity contribution in [3.8, 4) is 0 Å². The SMILES string of the molecule is Cc1noc(C)c1CN1CCN(C(=O)c2c(C)oc(C)c2C)CC1. The van der Waals surface area contributed by atoms with Crippen LogP contribution < -0.4 is 0 Å². The lowest BCUT2D eigenvalue weighted by Gasteiger charge is -2.34. The van der Waals surface area contributed by atoms with Gasteiger partial charge in [0.25, 0.3) is 5.91 Å². The summed E-state index contributed by atoms with van der Waals surface area (Å²) in [7, 11) is 0. The third kappa shape index (κ3) is 2.98. The molecule has 6 heteroatoms. The second-order valence-electron chi connectivity index (χ2n) is 6.59. The molecule has 130 valence electrons. The first kappa shape index (κ1) is 16.8. The molecule has 2 aromatic rings. The van der Waals surface area contributed by atoms with Crippen LogP contribution in [0, 0.1) is 34.6 Å². The van der Waals surface area contributed by atoms with E-state index in [-0.39, 0.29) is 5.91 Å². The van der Waals surface area contributed by atoms with E-state index in [0.717, 1.165) is 66.6 Å². The molecule has 0 aromatic carbocycles. The van der Waals surface area contributed by atoms with Gasteiger partial charge in [-0.2, -0.15) is 0 Å². The third-order valence-corrected chi connectivity index (χ3v) is 5.00. The summed E-state index contributed by atoms with van der Waals surface area (Å²) in [6, 6.07) is 0. The molecule has 1 aliphatic heterocycles. The molecule has 6 nitrogen and oxygen atoms in total. The van der Waals surface area contributed by atoms with Crippen molar-refractivity contribution in [3.63, 3.8) is 0 Å². The first-order chi connectivity index (χ1) is 11.4. The van der Waals surface area contributed by atoms with Crippen molar-refractivity contribution >= 4 is 5.91 Å². The number of aromatic nitrogens is 1. The van der Waals surface area contributed by atoms with Gasteiger partial charge in [-0.3, -0.25) is 9.69 Å². The summed E-state index contributed by atoms with van der Waals surface area (Å²) in [5.74, 6) is 2.51. The highest BCUT2D eigenvalue weighted by Crippen LogP contribution is 2.23. The molecule has 3 heterocycles. The fourth-order valence-electron chi connectivity index (χ4n) is 3.33. The molecule has 1 fully saturated rings. The Kier molecular flexibility index (Phi) is 4.49. The van der Waals surface area contributed by atoms with E-state index in [2.05, 4.69) is 10.1 Å². The zero-order chi connectivity index (χ0) is 17.4. The minimum Gasteiger partial charge on any atom is -0.466 e. The molecule has 0 atom stereocenters. The van der Waals surface area contributed by atoms with Crippen LogP contribution in [0.5, 0.6) is 0 Å². The summed E-state index contributed by atoms with van der Waals surface area (Å²) < 4.78 is 10.8. The van der Waals surface area contributed by atoms with Crippen LogP contribution in [0.15, 0.2) is 8.94 Å². The highest BCUT2D eigenvalue weighted by Gasteiger charge is 2.27. The van der Waals surface area contributed by atoms with Crippen molar-refractivity contribution in [2.24, 2.45) is 0 Å². The Morgan fingerprint density at radius 3 is 2.17 bits per heavy atom. The van der Waals surface area contributed by atoms with Crippen LogP contribution in [0.2, 0.25) is 0 Å². The van der Waals surface area contributed by atoms with Crippen molar-refractivity contribution in [1.82, 2.24) is 15.0 Å². The van der Waals surface area contributed by atoms with Crippen LogP contribution in [-0.2, 0) is 6.54 Å². The quantitative estimate of drug-likeness (QED) is 0.865. The van der Waals surface area contributed by atoms with Gasteiger partial charge in [0.05, 0.1) is 11.3 Å². The zero-order valence-electron chi connectivity index (χ0n) is 15.1. The minimum atomic E-state index is 0.0823. The van der Waals surface area contributed by atoms with E-state index in [1.807, 2.05) is 39.5 Å². The number of rotatable bonds is 3. The number of carbonyl (C=O) groups excluding carboxylic acids is 1. The molecule has 1 amide bonds. The molecule has 1 aliphatic rings. The lowest BCUT2D eigenvalue weighted by molar-refractivity contribution is 0.0625. The van der Waals surface area contributed by atoms with Crippen molar-refractivity contribution in [3.05, 3.63) is 39.7 Å². The maximum atomic E-state index is 12.8. The standard InChI is InChI=1S/C18H25N3O3/c1-11-13(3)23-15(5)17(11)18(22)21-8-6-20(7-9-21)10-16-12(2)19-24-14(16)4/h6-10H2,1-5H3. The molecule has 24 heavy (non-hydrogen) atoms. The Morgan fingerprint density at radius 2 is 1.67 bits per heavy atom. The van der Waals surface area contributed by atoms with Gasteiger partial charge in [0.1, 0.15) is 17.3 Å². The summed E-state index contributed by atoms with van der Waals surface area (Å²) in [6.45, 7) is 13.6. The summed E-state index contributed by atoms with van der Waals surface area (Å²) in [6.07, 6.45) is 0. The van der Waals surface area contributed by atoms with E-state index in [4.69, 9.17) is 8.94 Å². The van der Waals surface area contributed by atoms with Gasteiger partial charge in [-0.1, -0.05) is 5.16 Å². The summed E-state index contributed by atoms with van der Waals surface area (Å²) in [5, 5.41) is 4.01. The second kappa shape index (κ2) is 6.43. The molecule has 3 rings (SSSR count). The minimum absolute atomic E-state index is 0.0823. The monoisotopic (exact) mass is 331 g/mol. The van der Waals surface area contributed by atoms with Gasteiger partial charge < -0.3 is 13.8 Å². The second-order valence-corrected chi connectivity index (χ2v) is 6.59. The fourth-order valence-corrected chi connectivity index (χ4v) is 3.33. The zero-order valence-corrected chi connectivity index (χ0v) is 15.1. The fraction of sp³-hybridized carbons (Fsp3) is 0.556. The molecule has 0 spiro atoms. The van der Waals surface area contributed by atoms with Gasteiger partial charge in [-0.25, -0.2) is 0 Å². The molecule has 0 aliphatic carbocycles. The van der Waals surface area contributed by atoms with E-state index in [0.29, 0.717) is 5.76 Å². The Bertz CT molecular complexity index is 732. The number of aryl methyl sites for hydroxylation is 4. The number of furan rings is 1. The highest BCUT2D eigenvalue weighted by molar-refractivity contribution is 5.97. The summed E-state index contributed by atoms with van der Waals surface area (Å²) in [5.41, 5.74) is 3.79. The largest absolute Gasteiger partial charge is 0.466 e. The molecule has 0 saturated carbocycles. The molecule has 0 bridgehead atoms.